The highest BCUT2D eigenvalue weighted by Gasteiger charge is 2.31. The molecule has 0 saturated heterocycles. The van der Waals surface area contributed by atoms with Crippen molar-refractivity contribution in [2.24, 2.45) is 5.10 Å². The van der Waals surface area contributed by atoms with Crippen LogP contribution in [0.1, 0.15) is 38.9 Å². The number of esters is 1. The number of benzene rings is 4. The highest BCUT2D eigenvalue weighted by Crippen LogP contribution is 2.34. The number of carbonyl (C=O) groups is 2. The summed E-state index contributed by atoms with van der Waals surface area (Å²) in [6, 6.07) is 21.6. The predicted molar refractivity (Wildman–Crippen MR) is 153 cm³/mol. The van der Waals surface area contributed by atoms with Crippen molar-refractivity contribution in [3.8, 4) is 22.6 Å². The minimum Gasteiger partial charge on any atom is -0.490 e. The standard InChI is InChI=1S/C32H23F4N3O4/c1-2-42-27-15-19(11-14-26(27)43-31(41)21-9-6-10-22(16-21)32(34,35)36)18-37-39-30(40)29-28(20-7-4-3-5-8-20)24-17-23(33)12-13-25(24)38-29/h3-18,38H,2H2,1H3,(H,39,40). The number of ether oxygens (including phenoxy) is 2. The Hall–Kier alpha value is -5.45. The molecular weight excluding hydrogens is 566 g/mol. The summed E-state index contributed by atoms with van der Waals surface area (Å²) in [5.41, 5.74) is 3.67. The Morgan fingerprint density at radius 1 is 0.930 bits per heavy atom. The molecule has 11 heteroatoms. The van der Waals surface area contributed by atoms with Gasteiger partial charge < -0.3 is 14.5 Å². The number of alkyl halides is 3. The minimum atomic E-state index is -4.61. The van der Waals surface area contributed by atoms with E-state index >= 15 is 0 Å². The summed E-state index contributed by atoms with van der Waals surface area (Å²) >= 11 is 0. The SMILES string of the molecule is CCOc1cc(C=NNC(=O)c2[nH]c3ccc(F)cc3c2-c2ccccc2)ccc1OC(=O)c1cccc(C(F)(F)F)c1. The number of nitrogens with one attached hydrogen (secondary N) is 2. The van der Waals surface area contributed by atoms with Crippen LogP contribution in [-0.4, -0.2) is 29.7 Å². The van der Waals surface area contributed by atoms with Gasteiger partial charge in [-0.1, -0.05) is 36.4 Å². The normalized spacial score (nSPS) is 11.6. The van der Waals surface area contributed by atoms with E-state index in [0.717, 1.165) is 12.1 Å². The molecule has 7 nitrogen and oxygen atoms in total. The minimum absolute atomic E-state index is 0.0109. The Morgan fingerprint density at radius 3 is 2.47 bits per heavy atom. The van der Waals surface area contributed by atoms with Gasteiger partial charge in [-0.05, 0) is 72.6 Å². The van der Waals surface area contributed by atoms with Crippen LogP contribution in [0.25, 0.3) is 22.0 Å². The lowest BCUT2D eigenvalue weighted by Gasteiger charge is -2.12. The van der Waals surface area contributed by atoms with Crippen LogP contribution in [0.3, 0.4) is 0 Å². The molecule has 1 heterocycles. The van der Waals surface area contributed by atoms with Gasteiger partial charge in [-0.25, -0.2) is 14.6 Å². The summed E-state index contributed by atoms with van der Waals surface area (Å²) in [6.07, 6.45) is -3.28. The Labute approximate surface area is 242 Å². The van der Waals surface area contributed by atoms with Crippen LogP contribution in [0.2, 0.25) is 0 Å². The van der Waals surface area contributed by atoms with E-state index in [1.165, 1.54) is 42.6 Å². The number of fused-ring (bicyclic) bond motifs is 1. The highest BCUT2D eigenvalue weighted by atomic mass is 19.4. The van der Waals surface area contributed by atoms with Crippen LogP contribution in [0.4, 0.5) is 17.6 Å². The van der Waals surface area contributed by atoms with Gasteiger partial charge in [0.05, 0.1) is 23.9 Å². The molecule has 2 N–H and O–H groups in total. The zero-order valence-electron chi connectivity index (χ0n) is 22.5. The molecule has 1 amide bonds. The van der Waals surface area contributed by atoms with E-state index in [0.29, 0.717) is 33.7 Å². The first-order valence-corrected chi connectivity index (χ1v) is 13.0. The third kappa shape index (κ3) is 6.56. The molecule has 218 valence electrons. The van der Waals surface area contributed by atoms with Crippen molar-refractivity contribution in [3.05, 3.63) is 119 Å². The van der Waals surface area contributed by atoms with Crippen molar-refractivity contribution in [2.45, 2.75) is 13.1 Å². The Bertz CT molecular complexity index is 1830. The molecule has 43 heavy (non-hydrogen) atoms. The molecule has 0 aliphatic heterocycles. The van der Waals surface area contributed by atoms with Gasteiger partial charge in [0, 0.05) is 16.5 Å². The first-order chi connectivity index (χ1) is 20.6. The van der Waals surface area contributed by atoms with Gasteiger partial charge in [0.2, 0.25) is 0 Å². The number of nitrogens with zero attached hydrogens (tertiary/aromatic N) is 1. The molecule has 0 radical (unpaired) electrons. The molecule has 0 fully saturated rings. The van der Waals surface area contributed by atoms with Crippen LogP contribution in [-0.2, 0) is 6.18 Å². The molecule has 4 aromatic carbocycles. The summed E-state index contributed by atoms with van der Waals surface area (Å²) in [6.45, 7) is 1.91. The predicted octanol–water partition coefficient (Wildman–Crippen LogP) is 7.37. The Balaban J connectivity index is 1.35. The van der Waals surface area contributed by atoms with Crippen molar-refractivity contribution in [1.29, 1.82) is 0 Å². The number of H-pyrrole nitrogens is 1. The van der Waals surface area contributed by atoms with Gasteiger partial charge in [0.1, 0.15) is 11.5 Å². The fourth-order valence-electron chi connectivity index (χ4n) is 4.40. The first-order valence-electron chi connectivity index (χ1n) is 13.0. The van der Waals surface area contributed by atoms with Crippen molar-refractivity contribution in [1.82, 2.24) is 10.4 Å². The fourth-order valence-corrected chi connectivity index (χ4v) is 4.40. The van der Waals surface area contributed by atoms with E-state index in [9.17, 15) is 27.2 Å². The largest absolute Gasteiger partial charge is 0.490 e. The number of hydrogen-bond donors (Lipinski definition) is 2. The number of rotatable bonds is 8. The average molecular weight is 590 g/mol. The quantitative estimate of drug-likeness (QED) is 0.0650. The summed E-state index contributed by atoms with van der Waals surface area (Å²) in [5, 5.41) is 4.56. The van der Waals surface area contributed by atoms with Gasteiger partial charge in [0.25, 0.3) is 5.91 Å². The van der Waals surface area contributed by atoms with Crippen LogP contribution < -0.4 is 14.9 Å². The van der Waals surface area contributed by atoms with Crippen molar-refractivity contribution < 1.29 is 36.6 Å². The zero-order chi connectivity index (χ0) is 30.6. The third-order valence-electron chi connectivity index (χ3n) is 6.33. The van der Waals surface area contributed by atoms with Gasteiger partial charge in [0.15, 0.2) is 11.5 Å². The lowest BCUT2D eigenvalue weighted by atomic mass is 10.0. The maximum absolute atomic E-state index is 14.0. The van der Waals surface area contributed by atoms with E-state index < -0.39 is 29.4 Å². The second-order valence-corrected chi connectivity index (χ2v) is 9.24. The molecular formula is C32H23F4N3O4. The summed E-state index contributed by atoms with van der Waals surface area (Å²) in [4.78, 5) is 28.8. The summed E-state index contributed by atoms with van der Waals surface area (Å²) in [7, 11) is 0. The van der Waals surface area contributed by atoms with E-state index in [2.05, 4.69) is 15.5 Å². The Kier molecular flexibility index (Phi) is 8.24. The van der Waals surface area contributed by atoms with Gasteiger partial charge in [-0.15, -0.1) is 0 Å². The molecule has 0 saturated carbocycles. The lowest BCUT2D eigenvalue weighted by Crippen LogP contribution is -2.18. The third-order valence-corrected chi connectivity index (χ3v) is 6.33. The summed E-state index contributed by atoms with van der Waals surface area (Å²) in [5.74, 6) is -1.87. The maximum Gasteiger partial charge on any atom is 0.416 e. The number of carbonyl (C=O) groups excluding carboxylic acids is 2. The molecule has 0 bridgehead atoms. The van der Waals surface area contributed by atoms with E-state index in [-0.39, 0.29) is 29.4 Å². The zero-order valence-corrected chi connectivity index (χ0v) is 22.5. The molecule has 0 aliphatic carbocycles. The van der Waals surface area contributed by atoms with Crippen LogP contribution in [0.5, 0.6) is 11.5 Å². The number of hydrogen-bond acceptors (Lipinski definition) is 5. The molecule has 0 spiro atoms. The molecule has 0 atom stereocenters. The van der Waals surface area contributed by atoms with Gasteiger partial charge in [-0.3, -0.25) is 4.79 Å². The molecule has 0 aliphatic rings. The van der Waals surface area contributed by atoms with Gasteiger partial charge in [-0.2, -0.15) is 18.3 Å². The molecule has 0 unspecified atom stereocenters. The van der Waals surface area contributed by atoms with E-state index in [4.69, 9.17) is 9.47 Å². The van der Waals surface area contributed by atoms with Crippen LogP contribution in [0, 0.1) is 5.82 Å². The average Bonchev–Trinajstić information content (AvgIpc) is 3.37. The lowest BCUT2D eigenvalue weighted by molar-refractivity contribution is -0.137. The highest BCUT2D eigenvalue weighted by molar-refractivity contribution is 6.09. The monoisotopic (exact) mass is 589 g/mol. The van der Waals surface area contributed by atoms with Gasteiger partial charge >= 0.3 is 12.1 Å². The number of hydrazone groups is 1. The fraction of sp³-hybridized carbons (Fsp3) is 0.0938. The van der Waals surface area contributed by atoms with Crippen molar-refractivity contribution in [2.75, 3.05) is 6.61 Å². The van der Waals surface area contributed by atoms with E-state index in [1.807, 2.05) is 30.3 Å². The summed E-state index contributed by atoms with van der Waals surface area (Å²) < 4.78 is 64.1. The smallest absolute Gasteiger partial charge is 0.416 e. The molecule has 5 rings (SSSR count). The number of aromatic nitrogens is 1. The molecule has 1 aromatic heterocycles. The first kappa shape index (κ1) is 29.1. The second-order valence-electron chi connectivity index (χ2n) is 9.24. The van der Waals surface area contributed by atoms with E-state index in [1.54, 1.807) is 13.0 Å². The van der Waals surface area contributed by atoms with Crippen LogP contribution >= 0.6 is 0 Å². The molecule has 5 aromatic rings. The number of aromatic amines is 1. The maximum atomic E-state index is 14.0. The topological polar surface area (TPSA) is 92.8 Å². The van der Waals surface area contributed by atoms with Crippen molar-refractivity contribution >= 4 is 29.0 Å². The van der Waals surface area contributed by atoms with Crippen molar-refractivity contribution in [3.63, 3.8) is 0 Å². The Morgan fingerprint density at radius 2 is 1.72 bits per heavy atom. The number of amides is 1. The van der Waals surface area contributed by atoms with Crippen LogP contribution in [0.15, 0.2) is 96.1 Å². The second kappa shape index (κ2) is 12.2. The number of halogens is 4.